The highest BCUT2D eigenvalue weighted by atomic mass is 16.6. The lowest BCUT2D eigenvalue weighted by Gasteiger charge is -2.18. The van der Waals surface area contributed by atoms with Gasteiger partial charge in [-0.05, 0) is 128 Å². The van der Waals surface area contributed by atoms with E-state index in [2.05, 4.69) is 142 Å². The third kappa shape index (κ3) is 64.5. The van der Waals surface area contributed by atoms with Gasteiger partial charge in [-0.25, -0.2) is 0 Å². The molecule has 0 heterocycles. The van der Waals surface area contributed by atoms with Gasteiger partial charge in [-0.15, -0.1) is 0 Å². The highest BCUT2D eigenvalue weighted by Gasteiger charge is 2.19. The van der Waals surface area contributed by atoms with E-state index in [9.17, 15) is 14.4 Å². The first-order chi connectivity index (χ1) is 39.0. The van der Waals surface area contributed by atoms with Gasteiger partial charge in [0.05, 0.1) is 0 Å². The zero-order valence-electron chi connectivity index (χ0n) is 51.6. The summed E-state index contributed by atoms with van der Waals surface area (Å²) in [7, 11) is 0. The molecule has 1 atom stereocenters. The Morgan fingerprint density at radius 2 is 0.494 bits per heavy atom. The van der Waals surface area contributed by atoms with Crippen LogP contribution in [0.1, 0.15) is 303 Å². The second-order valence-electron chi connectivity index (χ2n) is 21.6. The molecular weight excluding hydrogens is 973 g/mol. The number of carbonyl (C=O) groups is 3. The van der Waals surface area contributed by atoms with Crippen molar-refractivity contribution in [2.45, 2.75) is 309 Å². The number of ether oxygens (including phenoxy) is 3. The van der Waals surface area contributed by atoms with Crippen LogP contribution in [0.2, 0.25) is 0 Å². The molecule has 0 aromatic heterocycles. The molecule has 1 unspecified atom stereocenters. The van der Waals surface area contributed by atoms with E-state index in [0.717, 1.165) is 128 Å². The maximum absolute atomic E-state index is 12.9. The van der Waals surface area contributed by atoms with E-state index >= 15 is 0 Å². The van der Waals surface area contributed by atoms with E-state index in [-0.39, 0.29) is 31.1 Å². The smallest absolute Gasteiger partial charge is 0.306 e. The predicted molar refractivity (Wildman–Crippen MR) is 343 cm³/mol. The second kappa shape index (κ2) is 66.3. The minimum atomic E-state index is -0.797. The first-order valence-electron chi connectivity index (χ1n) is 33.0. The molecule has 79 heavy (non-hydrogen) atoms. The summed E-state index contributed by atoms with van der Waals surface area (Å²) in [6.45, 7) is 6.37. The third-order valence-corrected chi connectivity index (χ3v) is 13.9. The van der Waals surface area contributed by atoms with Gasteiger partial charge < -0.3 is 14.2 Å². The van der Waals surface area contributed by atoms with Crippen LogP contribution in [-0.2, 0) is 28.6 Å². The summed E-state index contributed by atoms with van der Waals surface area (Å²) in [5.41, 5.74) is 0. The lowest BCUT2D eigenvalue weighted by atomic mass is 10.0. The minimum Gasteiger partial charge on any atom is -0.462 e. The number of unbranched alkanes of at least 4 members (excludes halogenated alkanes) is 28. The fraction of sp³-hybridized carbons (Fsp3) is 0.685. The normalized spacial score (nSPS) is 12.9. The molecule has 450 valence electrons. The van der Waals surface area contributed by atoms with Crippen LogP contribution in [0.15, 0.2) is 122 Å². The summed E-state index contributed by atoms with van der Waals surface area (Å²) in [5.74, 6) is -0.923. The van der Waals surface area contributed by atoms with Gasteiger partial charge in [0.2, 0.25) is 0 Å². The van der Waals surface area contributed by atoms with Crippen molar-refractivity contribution >= 4 is 17.9 Å². The van der Waals surface area contributed by atoms with Gasteiger partial charge >= 0.3 is 17.9 Å². The molecule has 0 aliphatic heterocycles. The van der Waals surface area contributed by atoms with Crippen molar-refractivity contribution in [3.63, 3.8) is 0 Å². The molecule has 0 fully saturated rings. The van der Waals surface area contributed by atoms with Crippen molar-refractivity contribution in [3.8, 4) is 0 Å². The standard InChI is InChI=1S/C73H122O6/c1-4-7-10-13-16-19-22-25-27-29-30-31-32-33-34-35-36-37-38-39-40-41-42-44-45-48-51-54-57-60-63-66-72(75)78-69-70(68-77-71(74)65-62-59-56-53-50-47-24-21-18-15-12-9-6-3)79-73(76)67-64-61-58-55-52-49-46-43-28-26-23-20-17-14-11-8-5-2/h7,9-10,12,16-21,25-28,30-31,33-34,47,50,70H,4-6,8,11,13-15,22-24,29,32,35-46,48-49,51-69H2,1-3H3/b10-7-,12-9-,19-16-,20-17-,21-18-,27-25-,28-26-,31-30-,34-33-,50-47-. The summed E-state index contributed by atoms with van der Waals surface area (Å²) in [6, 6.07) is 0. The molecule has 0 radical (unpaired) electrons. The Kier molecular flexibility index (Phi) is 62.8. The fourth-order valence-electron chi connectivity index (χ4n) is 9.04. The van der Waals surface area contributed by atoms with Crippen molar-refractivity contribution in [2.24, 2.45) is 0 Å². The average molecular weight is 1100 g/mol. The van der Waals surface area contributed by atoms with Gasteiger partial charge in [0.1, 0.15) is 13.2 Å². The van der Waals surface area contributed by atoms with Crippen LogP contribution >= 0.6 is 0 Å². The molecule has 0 saturated heterocycles. The molecule has 0 saturated carbocycles. The Bertz CT molecular complexity index is 1640. The van der Waals surface area contributed by atoms with E-state index in [1.807, 2.05) is 0 Å². The Labute approximate surface area is 488 Å². The summed E-state index contributed by atoms with van der Waals surface area (Å²) < 4.78 is 16.9. The topological polar surface area (TPSA) is 78.9 Å². The monoisotopic (exact) mass is 1090 g/mol. The second-order valence-corrected chi connectivity index (χ2v) is 21.6. The Hall–Kier alpha value is -4.19. The molecule has 0 aliphatic rings. The van der Waals surface area contributed by atoms with Crippen LogP contribution in [0.5, 0.6) is 0 Å². The van der Waals surface area contributed by atoms with Crippen LogP contribution in [0.4, 0.5) is 0 Å². The number of rotatable bonds is 59. The van der Waals surface area contributed by atoms with E-state index in [1.54, 1.807) is 0 Å². The zero-order valence-corrected chi connectivity index (χ0v) is 51.6. The lowest BCUT2D eigenvalue weighted by Crippen LogP contribution is -2.30. The summed E-state index contributed by atoms with van der Waals surface area (Å²) in [5, 5.41) is 0. The molecular formula is C73H122O6. The molecule has 0 bridgehead atoms. The van der Waals surface area contributed by atoms with Crippen LogP contribution < -0.4 is 0 Å². The first-order valence-corrected chi connectivity index (χ1v) is 33.0. The van der Waals surface area contributed by atoms with Crippen molar-refractivity contribution in [1.29, 1.82) is 0 Å². The lowest BCUT2D eigenvalue weighted by molar-refractivity contribution is -0.167. The van der Waals surface area contributed by atoms with Crippen molar-refractivity contribution in [2.75, 3.05) is 13.2 Å². The van der Waals surface area contributed by atoms with Gasteiger partial charge in [-0.1, -0.05) is 277 Å². The van der Waals surface area contributed by atoms with Crippen molar-refractivity contribution < 1.29 is 28.6 Å². The SMILES string of the molecule is CC/C=C\C/C=C\C/C=C\C/C=C\C/C=C\CCCCCCCCCCCCCCCCCC(=O)OCC(COC(=O)CCCCC/C=C\C/C=C\C/C=C\CC)OC(=O)CCCCCCCCC/C=C\C/C=C\CCCCC. The van der Waals surface area contributed by atoms with Crippen molar-refractivity contribution in [1.82, 2.24) is 0 Å². The molecule has 0 amide bonds. The van der Waals surface area contributed by atoms with E-state index in [4.69, 9.17) is 14.2 Å². The van der Waals surface area contributed by atoms with Gasteiger partial charge in [-0.3, -0.25) is 14.4 Å². The van der Waals surface area contributed by atoms with Crippen LogP contribution in [0, 0.1) is 0 Å². The maximum Gasteiger partial charge on any atom is 0.306 e. The Morgan fingerprint density at radius 3 is 0.785 bits per heavy atom. The molecule has 0 rings (SSSR count). The predicted octanol–water partition coefficient (Wildman–Crippen LogP) is 22.8. The van der Waals surface area contributed by atoms with Crippen molar-refractivity contribution in [3.05, 3.63) is 122 Å². The quantitative estimate of drug-likeness (QED) is 0.0261. The summed E-state index contributed by atoms with van der Waals surface area (Å²) in [4.78, 5) is 38.3. The van der Waals surface area contributed by atoms with Crippen LogP contribution in [0.3, 0.4) is 0 Å². The molecule has 0 aromatic rings. The number of hydrogen-bond donors (Lipinski definition) is 0. The summed E-state index contributed by atoms with van der Waals surface area (Å²) in [6.07, 6.45) is 92.2. The van der Waals surface area contributed by atoms with Gasteiger partial charge in [0.25, 0.3) is 0 Å². The Balaban J connectivity index is 4.24. The molecule has 0 spiro atoms. The largest absolute Gasteiger partial charge is 0.462 e. The molecule has 6 nitrogen and oxygen atoms in total. The van der Waals surface area contributed by atoms with Crippen LogP contribution in [0.25, 0.3) is 0 Å². The number of esters is 3. The number of hydrogen-bond acceptors (Lipinski definition) is 6. The fourth-order valence-corrected chi connectivity index (χ4v) is 9.04. The zero-order chi connectivity index (χ0) is 57.1. The third-order valence-electron chi connectivity index (χ3n) is 13.9. The molecule has 0 aromatic carbocycles. The van der Waals surface area contributed by atoms with Crippen LogP contribution in [-0.4, -0.2) is 37.2 Å². The van der Waals surface area contributed by atoms with E-state index in [0.29, 0.717) is 19.3 Å². The highest BCUT2D eigenvalue weighted by molar-refractivity contribution is 5.71. The number of allylic oxidation sites excluding steroid dienone is 20. The molecule has 0 aliphatic carbocycles. The molecule has 0 N–H and O–H groups in total. The minimum absolute atomic E-state index is 0.0911. The Morgan fingerprint density at radius 1 is 0.266 bits per heavy atom. The number of carbonyl (C=O) groups excluding carboxylic acids is 3. The molecule has 6 heteroatoms. The summed E-state index contributed by atoms with van der Waals surface area (Å²) >= 11 is 0. The highest BCUT2D eigenvalue weighted by Crippen LogP contribution is 2.16. The van der Waals surface area contributed by atoms with Gasteiger partial charge in [0.15, 0.2) is 6.10 Å². The van der Waals surface area contributed by atoms with Gasteiger partial charge in [0, 0.05) is 19.3 Å². The first kappa shape index (κ1) is 74.8. The average Bonchev–Trinajstić information content (AvgIpc) is 3.45. The van der Waals surface area contributed by atoms with E-state index < -0.39 is 6.10 Å². The van der Waals surface area contributed by atoms with E-state index in [1.165, 1.54) is 135 Å². The maximum atomic E-state index is 12.9. The van der Waals surface area contributed by atoms with Gasteiger partial charge in [-0.2, -0.15) is 0 Å².